The van der Waals surface area contributed by atoms with E-state index in [1.54, 1.807) is 6.08 Å². The topological polar surface area (TPSA) is 29.4 Å². The summed E-state index contributed by atoms with van der Waals surface area (Å²) < 4.78 is 16.7. The Kier molecular flexibility index (Phi) is 4.81. The summed E-state index contributed by atoms with van der Waals surface area (Å²) in [5.74, 6) is 2.87. The fourth-order valence-electron chi connectivity index (χ4n) is 1.27. The van der Waals surface area contributed by atoms with Gasteiger partial charge in [0.25, 0.3) is 0 Å². The van der Waals surface area contributed by atoms with Crippen molar-refractivity contribution in [2.45, 2.75) is 11.3 Å². The molecule has 0 bridgehead atoms. The van der Waals surface area contributed by atoms with Crippen molar-refractivity contribution in [3.8, 4) is 12.3 Å². The van der Waals surface area contributed by atoms with Gasteiger partial charge in [-0.2, -0.15) is 0 Å². The second kappa shape index (κ2) is 6.14. The van der Waals surface area contributed by atoms with Crippen LogP contribution >= 0.6 is 0 Å². The number of rotatable bonds is 5. The van der Waals surface area contributed by atoms with Gasteiger partial charge in [0.15, 0.2) is 0 Å². The normalized spacial score (nSPS) is 13.4. The van der Waals surface area contributed by atoms with E-state index in [1.165, 1.54) is 0 Å². The average Bonchev–Trinajstić information content (AvgIpc) is 2.35. The minimum Gasteiger partial charge on any atom is -0.245 e. The molecule has 0 aromatic heterocycles. The molecule has 16 heavy (non-hydrogen) atoms. The van der Waals surface area contributed by atoms with Crippen LogP contribution in [0.25, 0.3) is 0 Å². The van der Waals surface area contributed by atoms with Gasteiger partial charge in [0, 0.05) is 10.6 Å². The monoisotopic (exact) mass is 233 g/mol. The lowest BCUT2D eigenvalue weighted by Crippen LogP contribution is -2.06. The molecule has 3 heteroatoms. The van der Waals surface area contributed by atoms with E-state index in [1.807, 2.05) is 30.3 Å². The summed E-state index contributed by atoms with van der Waals surface area (Å²) in [5, 5.41) is 0. The molecule has 0 heterocycles. The molecular formula is C13H15NOS. The molecule has 1 aromatic rings. The van der Waals surface area contributed by atoms with E-state index in [0.717, 1.165) is 4.90 Å². The highest BCUT2D eigenvalue weighted by Crippen LogP contribution is 2.14. The molecule has 0 amide bonds. The van der Waals surface area contributed by atoms with Crippen LogP contribution in [0.5, 0.6) is 0 Å². The highest BCUT2D eigenvalue weighted by Gasteiger charge is 2.10. The molecule has 0 saturated carbocycles. The van der Waals surface area contributed by atoms with E-state index in [-0.39, 0.29) is 6.54 Å². The summed E-state index contributed by atoms with van der Waals surface area (Å²) in [4.78, 5) is 0.743. The predicted octanol–water partition coefficient (Wildman–Crippen LogP) is 2.72. The number of hydrogen-bond acceptors (Lipinski definition) is 2. The predicted molar refractivity (Wildman–Crippen MR) is 68.7 cm³/mol. The van der Waals surface area contributed by atoms with Gasteiger partial charge in [-0.3, -0.25) is 0 Å². The van der Waals surface area contributed by atoms with Crippen LogP contribution in [0.2, 0.25) is 0 Å². The molecule has 2 nitrogen and oxygen atoms in total. The van der Waals surface area contributed by atoms with Gasteiger partial charge >= 0.3 is 0 Å². The lowest BCUT2D eigenvalue weighted by Gasteiger charge is -2.08. The van der Waals surface area contributed by atoms with Gasteiger partial charge < -0.3 is 0 Å². The Balaban J connectivity index is 3.11. The van der Waals surface area contributed by atoms with Crippen molar-refractivity contribution in [3.05, 3.63) is 43.0 Å². The third-order valence-electron chi connectivity index (χ3n) is 2.07. The first kappa shape index (κ1) is 12.5. The summed E-state index contributed by atoms with van der Waals surface area (Å²) in [6.45, 7) is 3.82. The van der Waals surface area contributed by atoms with E-state index in [9.17, 15) is 4.21 Å². The Hall–Kier alpha value is -1.53. The Labute approximate surface area is 97.6 Å². The van der Waals surface area contributed by atoms with Crippen LogP contribution < -0.4 is 0 Å². The van der Waals surface area contributed by atoms with Crippen LogP contribution in [-0.4, -0.2) is 16.5 Å². The highest BCUT2D eigenvalue weighted by molar-refractivity contribution is 7.93. The lowest BCUT2D eigenvalue weighted by molar-refractivity contribution is 0.675. The molecule has 1 unspecified atom stereocenters. The third-order valence-corrected chi connectivity index (χ3v) is 4.42. The van der Waals surface area contributed by atoms with Crippen LogP contribution in [0.3, 0.4) is 0 Å². The van der Waals surface area contributed by atoms with Crippen LogP contribution in [0, 0.1) is 12.3 Å². The van der Waals surface area contributed by atoms with Gasteiger partial charge in [0.2, 0.25) is 0 Å². The van der Waals surface area contributed by atoms with Crippen molar-refractivity contribution in [1.82, 2.24) is 0 Å². The molecule has 0 aliphatic carbocycles. The quantitative estimate of drug-likeness (QED) is 0.568. The standard InChI is InChI=1S/C13H15NOS/c1-3-5-12-16(15,14-11-4-2)13-9-7-6-8-10-13/h2-3,6-10H,1,5,11-12H2. The average molecular weight is 233 g/mol. The van der Waals surface area contributed by atoms with Crippen LogP contribution in [0.4, 0.5) is 0 Å². The highest BCUT2D eigenvalue weighted by atomic mass is 32.2. The molecule has 0 N–H and O–H groups in total. The molecule has 0 aliphatic rings. The number of allylic oxidation sites excluding steroid dienone is 1. The van der Waals surface area contributed by atoms with Crippen LogP contribution in [-0.2, 0) is 9.73 Å². The van der Waals surface area contributed by atoms with E-state index in [0.29, 0.717) is 12.2 Å². The maximum Gasteiger partial charge on any atom is 0.109 e. The maximum absolute atomic E-state index is 12.6. The van der Waals surface area contributed by atoms with Crippen molar-refractivity contribution >= 4 is 9.73 Å². The number of hydrogen-bond donors (Lipinski definition) is 0. The molecule has 0 spiro atoms. The first-order chi connectivity index (χ1) is 7.73. The van der Waals surface area contributed by atoms with Gasteiger partial charge in [-0.1, -0.05) is 30.2 Å². The Morgan fingerprint density at radius 2 is 2.12 bits per heavy atom. The zero-order valence-electron chi connectivity index (χ0n) is 9.13. The van der Waals surface area contributed by atoms with Gasteiger partial charge in [-0.15, -0.1) is 13.0 Å². The van der Waals surface area contributed by atoms with Crippen molar-refractivity contribution in [3.63, 3.8) is 0 Å². The summed E-state index contributed by atoms with van der Waals surface area (Å²) in [7, 11) is -2.38. The minimum absolute atomic E-state index is 0.185. The second-order valence-corrected chi connectivity index (χ2v) is 5.65. The van der Waals surface area contributed by atoms with Crippen molar-refractivity contribution in [2.75, 3.05) is 12.3 Å². The Bertz CT molecular complexity index is 490. The van der Waals surface area contributed by atoms with Crippen LogP contribution in [0.1, 0.15) is 6.42 Å². The fourth-order valence-corrected chi connectivity index (χ4v) is 3.14. The van der Waals surface area contributed by atoms with Gasteiger partial charge in [-0.25, -0.2) is 8.57 Å². The first-order valence-corrected chi connectivity index (χ1v) is 6.71. The first-order valence-electron chi connectivity index (χ1n) is 5.03. The van der Waals surface area contributed by atoms with Crippen molar-refractivity contribution < 1.29 is 4.21 Å². The molecule has 0 fully saturated rings. The van der Waals surface area contributed by atoms with E-state index in [2.05, 4.69) is 16.9 Å². The van der Waals surface area contributed by atoms with Crippen LogP contribution in [0.15, 0.2) is 52.2 Å². The fraction of sp³-hybridized carbons (Fsp3) is 0.231. The third kappa shape index (κ3) is 3.25. The summed E-state index contributed by atoms with van der Waals surface area (Å²) in [6, 6.07) is 9.25. The summed E-state index contributed by atoms with van der Waals surface area (Å²) in [5.41, 5.74) is 0. The molecule has 0 aliphatic heterocycles. The largest absolute Gasteiger partial charge is 0.245 e. The van der Waals surface area contributed by atoms with Gasteiger partial charge in [0.1, 0.15) is 6.54 Å². The van der Waals surface area contributed by atoms with E-state index >= 15 is 0 Å². The zero-order chi connectivity index (χ0) is 11.9. The second-order valence-electron chi connectivity index (χ2n) is 3.23. The Morgan fingerprint density at radius 1 is 1.44 bits per heavy atom. The number of nitrogens with zero attached hydrogens (tertiary/aromatic N) is 1. The smallest absolute Gasteiger partial charge is 0.109 e. The van der Waals surface area contributed by atoms with Crippen molar-refractivity contribution in [1.29, 1.82) is 0 Å². The number of benzene rings is 1. The number of terminal acetylenes is 1. The lowest BCUT2D eigenvalue weighted by atomic mass is 10.4. The van der Waals surface area contributed by atoms with E-state index in [4.69, 9.17) is 6.42 Å². The molecule has 1 rings (SSSR count). The Morgan fingerprint density at radius 3 is 2.69 bits per heavy atom. The SMILES string of the molecule is C#CCN=S(=O)(CCC=C)c1ccccc1. The van der Waals surface area contributed by atoms with Gasteiger partial charge in [-0.05, 0) is 18.6 Å². The zero-order valence-corrected chi connectivity index (χ0v) is 9.95. The summed E-state index contributed by atoms with van der Waals surface area (Å²) >= 11 is 0. The minimum atomic E-state index is -2.38. The molecule has 1 aromatic carbocycles. The molecule has 84 valence electrons. The summed E-state index contributed by atoms with van der Waals surface area (Å²) in [6.07, 6.45) is 7.57. The van der Waals surface area contributed by atoms with E-state index < -0.39 is 9.73 Å². The molecule has 0 radical (unpaired) electrons. The molecule has 0 saturated heterocycles. The van der Waals surface area contributed by atoms with Crippen molar-refractivity contribution in [2.24, 2.45) is 4.36 Å². The maximum atomic E-state index is 12.6. The molecule has 1 atom stereocenters. The van der Waals surface area contributed by atoms with Gasteiger partial charge in [0.05, 0.1) is 9.73 Å². The molecular weight excluding hydrogens is 218 g/mol.